The Bertz CT molecular complexity index is 1190. The van der Waals surface area contributed by atoms with E-state index in [1.807, 2.05) is 45.0 Å². The van der Waals surface area contributed by atoms with Gasteiger partial charge in [0.25, 0.3) is 5.56 Å². The van der Waals surface area contributed by atoms with Gasteiger partial charge in [-0.25, -0.2) is 4.98 Å². The number of hydrogen-bond donors (Lipinski definition) is 0. The number of hydrogen-bond acceptors (Lipinski definition) is 7. The van der Waals surface area contributed by atoms with Crippen LogP contribution in [-0.2, 0) is 12.8 Å². The molecule has 0 unspecified atom stereocenters. The van der Waals surface area contributed by atoms with Crippen molar-refractivity contribution in [2.75, 3.05) is 0 Å². The van der Waals surface area contributed by atoms with Gasteiger partial charge < -0.3 is 4.52 Å². The molecule has 4 rings (SSSR count). The lowest BCUT2D eigenvalue weighted by atomic mass is 10.1. The van der Waals surface area contributed by atoms with E-state index in [0.29, 0.717) is 28.0 Å². The van der Waals surface area contributed by atoms with Crippen LogP contribution < -0.4 is 5.56 Å². The molecule has 0 aliphatic carbocycles. The van der Waals surface area contributed by atoms with Gasteiger partial charge in [0, 0.05) is 17.5 Å². The van der Waals surface area contributed by atoms with Gasteiger partial charge in [-0.3, -0.25) is 9.36 Å². The van der Waals surface area contributed by atoms with Crippen molar-refractivity contribution in [2.45, 2.75) is 31.7 Å². The molecule has 0 spiro atoms. The van der Waals surface area contributed by atoms with Crippen molar-refractivity contribution < 1.29 is 4.52 Å². The lowest BCUT2D eigenvalue weighted by molar-refractivity contribution is 0.391. The molecule has 0 fully saturated rings. The van der Waals surface area contributed by atoms with Gasteiger partial charge in [0.15, 0.2) is 5.16 Å². The molecule has 8 heteroatoms. The number of aromatic nitrogens is 4. The van der Waals surface area contributed by atoms with Crippen LogP contribution in [0.5, 0.6) is 0 Å². The van der Waals surface area contributed by atoms with Crippen molar-refractivity contribution in [3.63, 3.8) is 0 Å². The summed E-state index contributed by atoms with van der Waals surface area (Å²) >= 11 is 2.97. The second-order valence-corrected chi connectivity index (χ2v) is 8.53. The lowest BCUT2D eigenvalue weighted by Gasteiger charge is -2.05. The lowest BCUT2D eigenvalue weighted by Crippen LogP contribution is -2.19. The maximum atomic E-state index is 12.7. The van der Waals surface area contributed by atoms with Crippen LogP contribution in [0.2, 0.25) is 0 Å². The monoisotopic (exact) mass is 398 g/mol. The predicted octanol–water partition coefficient (Wildman–Crippen LogP) is 4.26. The summed E-state index contributed by atoms with van der Waals surface area (Å²) in [5, 5.41) is 5.40. The fourth-order valence-corrected chi connectivity index (χ4v) is 4.62. The van der Waals surface area contributed by atoms with E-state index in [4.69, 9.17) is 4.52 Å². The Balaban J connectivity index is 1.58. The highest BCUT2D eigenvalue weighted by molar-refractivity contribution is 7.98. The summed E-state index contributed by atoms with van der Waals surface area (Å²) in [6.07, 6.45) is 0. The van der Waals surface area contributed by atoms with Crippen LogP contribution in [-0.4, -0.2) is 19.7 Å². The highest BCUT2D eigenvalue weighted by Gasteiger charge is 2.16. The molecule has 0 atom stereocenters. The summed E-state index contributed by atoms with van der Waals surface area (Å²) in [5.41, 5.74) is 3.09. The van der Waals surface area contributed by atoms with E-state index in [1.54, 1.807) is 23.0 Å². The highest BCUT2D eigenvalue weighted by Crippen LogP contribution is 2.29. The van der Waals surface area contributed by atoms with E-state index >= 15 is 0 Å². The summed E-state index contributed by atoms with van der Waals surface area (Å²) in [4.78, 5) is 23.7. The van der Waals surface area contributed by atoms with Crippen LogP contribution in [0.15, 0.2) is 38.7 Å². The van der Waals surface area contributed by atoms with Crippen LogP contribution >= 0.6 is 23.1 Å². The Morgan fingerprint density at radius 1 is 1.15 bits per heavy atom. The minimum Gasteiger partial charge on any atom is -0.338 e. The molecule has 0 bridgehead atoms. The number of fused-ring (bicyclic) bond motifs is 1. The molecule has 0 saturated heterocycles. The van der Waals surface area contributed by atoms with Gasteiger partial charge in [0.05, 0.1) is 11.1 Å². The van der Waals surface area contributed by atoms with Crippen molar-refractivity contribution in [1.29, 1.82) is 0 Å². The average Bonchev–Trinajstić information content (AvgIpc) is 3.23. The fourth-order valence-electron chi connectivity index (χ4n) is 2.74. The molecule has 3 aromatic heterocycles. The molecule has 6 nitrogen and oxygen atoms in total. The zero-order valence-corrected chi connectivity index (χ0v) is 17.1. The zero-order chi connectivity index (χ0) is 19.1. The minimum absolute atomic E-state index is 0.0183. The van der Waals surface area contributed by atoms with Crippen molar-refractivity contribution in [1.82, 2.24) is 19.7 Å². The zero-order valence-electron chi connectivity index (χ0n) is 15.4. The number of nitrogens with zero attached hydrogens (tertiary/aromatic N) is 4. The normalized spacial score (nSPS) is 11.4. The van der Waals surface area contributed by atoms with Crippen molar-refractivity contribution in [3.8, 4) is 11.4 Å². The molecule has 27 heavy (non-hydrogen) atoms. The first-order valence-corrected chi connectivity index (χ1v) is 10.2. The van der Waals surface area contributed by atoms with Gasteiger partial charge >= 0.3 is 0 Å². The van der Waals surface area contributed by atoms with Crippen LogP contribution in [0.1, 0.15) is 21.9 Å². The Kier molecular flexibility index (Phi) is 4.61. The van der Waals surface area contributed by atoms with E-state index in [1.165, 1.54) is 17.3 Å². The van der Waals surface area contributed by atoms with Crippen LogP contribution in [0.4, 0.5) is 0 Å². The number of rotatable bonds is 4. The Morgan fingerprint density at radius 3 is 2.63 bits per heavy atom. The summed E-state index contributed by atoms with van der Waals surface area (Å²) in [6, 6.07) is 7.97. The Labute approximate surface area is 164 Å². The third kappa shape index (κ3) is 3.30. The first kappa shape index (κ1) is 17.9. The number of aryl methyl sites for hydroxylation is 3. The van der Waals surface area contributed by atoms with Gasteiger partial charge in [-0.1, -0.05) is 46.7 Å². The van der Waals surface area contributed by atoms with Crippen molar-refractivity contribution in [2.24, 2.45) is 7.05 Å². The second kappa shape index (κ2) is 6.94. The standard InChI is InChI=1S/C19H18N4O2S2/c1-10-5-7-13(8-6-10)16-20-14(25-22-16)9-26-19-21-17-15(18(24)23(19)4)11(2)12(3)27-17/h5-8H,9H2,1-4H3. The van der Waals surface area contributed by atoms with Crippen LogP contribution in [0.25, 0.3) is 21.6 Å². The topological polar surface area (TPSA) is 73.8 Å². The molecule has 0 aliphatic heterocycles. The van der Waals surface area contributed by atoms with Crippen LogP contribution in [0.3, 0.4) is 0 Å². The largest absolute Gasteiger partial charge is 0.338 e. The molecular weight excluding hydrogens is 380 g/mol. The van der Waals surface area contributed by atoms with E-state index < -0.39 is 0 Å². The molecule has 0 radical (unpaired) electrons. The molecule has 0 aliphatic rings. The van der Waals surface area contributed by atoms with E-state index in [0.717, 1.165) is 20.8 Å². The Morgan fingerprint density at radius 2 is 1.89 bits per heavy atom. The first-order valence-electron chi connectivity index (χ1n) is 8.43. The molecule has 1 aromatic carbocycles. The van der Waals surface area contributed by atoms with E-state index in [2.05, 4.69) is 15.1 Å². The molecule has 138 valence electrons. The van der Waals surface area contributed by atoms with Gasteiger partial charge in [0.1, 0.15) is 4.83 Å². The molecule has 0 amide bonds. The molecule has 4 aromatic rings. The van der Waals surface area contributed by atoms with E-state index in [9.17, 15) is 4.79 Å². The SMILES string of the molecule is Cc1ccc(-c2noc(CSc3nc4sc(C)c(C)c4c(=O)n3C)n2)cc1. The van der Waals surface area contributed by atoms with E-state index in [-0.39, 0.29) is 5.56 Å². The third-order valence-electron chi connectivity index (χ3n) is 4.47. The summed E-state index contributed by atoms with van der Waals surface area (Å²) < 4.78 is 6.94. The molecule has 0 saturated carbocycles. The van der Waals surface area contributed by atoms with Gasteiger partial charge in [-0.05, 0) is 26.3 Å². The van der Waals surface area contributed by atoms with Crippen molar-refractivity contribution in [3.05, 3.63) is 56.5 Å². The highest BCUT2D eigenvalue weighted by atomic mass is 32.2. The molecule has 3 heterocycles. The van der Waals surface area contributed by atoms with Crippen molar-refractivity contribution >= 4 is 33.3 Å². The first-order chi connectivity index (χ1) is 12.9. The summed E-state index contributed by atoms with van der Waals surface area (Å²) in [5.74, 6) is 1.52. The smallest absolute Gasteiger partial charge is 0.262 e. The van der Waals surface area contributed by atoms with Gasteiger partial charge in [0.2, 0.25) is 11.7 Å². The second-order valence-electron chi connectivity index (χ2n) is 6.39. The summed E-state index contributed by atoms with van der Waals surface area (Å²) in [6.45, 7) is 6.01. The average molecular weight is 399 g/mol. The van der Waals surface area contributed by atoms with Crippen LogP contribution in [0, 0.1) is 20.8 Å². The molecular formula is C19H18N4O2S2. The maximum absolute atomic E-state index is 12.7. The van der Waals surface area contributed by atoms with Gasteiger partial charge in [-0.15, -0.1) is 11.3 Å². The molecule has 0 N–H and O–H groups in total. The summed E-state index contributed by atoms with van der Waals surface area (Å²) in [7, 11) is 1.75. The predicted molar refractivity (Wildman–Crippen MR) is 108 cm³/mol. The third-order valence-corrected chi connectivity index (χ3v) is 6.59. The minimum atomic E-state index is -0.0183. The fraction of sp³-hybridized carbons (Fsp3) is 0.263. The number of thioether (sulfide) groups is 1. The number of thiophene rings is 1. The van der Waals surface area contributed by atoms with Gasteiger partial charge in [-0.2, -0.15) is 4.98 Å². The Hall–Kier alpha value is -2.45. The number of benzene rings is 1. The maximum Gasteiger partial charge on any atom is 0.262 e. The quantitative estimate of drug-likeness (QED) is 0.378.